The Labute approximate surface area is 549 Å². The number of carbonyl (C=O) groups is 4. The van der Waals surface area contributed by atoms with Gasteiger partial charge >= 0.3 is 39.5 Å². The van der Waals surface area contributed by atoms with Crippen molar-refractivity contribution in [2.75, 3.05) is 39.6 Å². The van der Waals surface area contributed by atoms with Gasteiger partial charge in [0, 0.05) is 25.7 Å². The quantitative estimate of drug-likeness (QED) is 0.0222. The highest BCUT2D eigenvalue weighted by Gasteiger charge is 2.30. The molecule has 0 heterocycles. The molecule has 19 heteroatoms. The fraction of sp³-hybridized carbons (Fsp3) is 0.944. The Bertz CT molecular complexity index is 1780. The van der Waals surface area contributed by atoms with Crippen LogP contribution in [-0.4, -0.2) is 96.7 Å². The summed E-state index contributed by atoms with van der Waals surface area (Å²) in [6.07, 6.45) is 43.2. The van der Waals surface area contributed by atoms with Crippen LogP contribution in [0.15, 0.2) is 0 Å². The lowest BCUT2D eigenvalue weighted by Gasteiger charge is -2.21. The highest BCUT2D eigenvalue weighted by atomic mass is 31.2. The molecular formula is C71H138O17P2. The predicted octanol–water partition coefficient (Wildman–Crippen LogP) is 20.1. The van der Waals surface area contributed by atoms with Crippen LogP contribution >= 0.6 is 15.6 Å². The largest absolute Gasteiger partial charge is 0.472 e. The van der Waals surface area contributed by atoms with E-state index in [0.717, 1.165) is 114 Å². The Hall–Kier alpha value is -1.94. The molecule has 0 saturated heterocycles. The van der Waals surface area contributed by atoms with Crippen molar-refractivity contribution >= 4 is 39.5 Å². The van der Waals surface area contributed by atoms with Crippen LogP contribution in [0.5, 0.6) is 0 Å². The molecule has 0 aromatic rings. The van der Waals surface area contributed by atoms with Crippen molar-refractivity contribution in [2.24, 2.45) is 23.7 Å². The van der Waals surface area contributed by atoms with E-state index >= 15 is 0 Å². The molecule has 3 unspecified atom stereocenters. The van der Waals surface area contributed by atoms with Gasteiger partial charge in [0.2, 0.25) is 0 Å². The minimum absolute atomic E-state index is 0.102. The monoisotopic (exact) mass is 1320 g/mol. The second-order valence-corrected chi connectivity index (χ2v) is 30.2. The Balaban J connectivity index is 5.24. The first-order valence-corrected chi connectivity index (χ1v) is 39.7. The van der Waals surface area contributed by atoms with Gasteiger partial charge in [-0.15, -0.1) is 0 Å². The molecular weight excluding hydrogens is 1190 g/mol. The summed E-state index contributed by atoms with van der Waals surface area (Å²) in [6.45, 7) is 14.1. The molecule has 0 aliphatic rings. The maximum absolute atomic E-state index is 13.0. The molecule has 0 rings (SSSR count). The smallest absolute Gasteiger partial charge is 0.462 e. The van der Waals surface area contributed by atoms with Crippen LogP contribution in [0.1, 0.15) is 351 Å². The third kappa shape index (κ3) is 63.5. The van der Waals surface area contributed by atoms with E-state index in [0.29, 0.717) is 31.6 Å². The second-order valence-electron chi connectivity index (χ2n) is 27.3. The number of hydrogen-bond acceptors (Lipinski definition) is 15. The van der Waals surface area contributed by atoms with Gasteiger partial charge in [0.1, 0.15) is 19.3 Å². The van der Waals surface area contributed by atoms with Crippen LogP contribution < -0.4 is 0 Å². The van der Waals surface area contributed by atoms with Crippen LogP contribution in [0.2, 0.25) is 0 Å². The highest BCUT2D eigenvalue weighted by molar-refractivity contribution is 7.47. The number of carbonyl (C=O) groups excluding carboxylic acids is 4. The summed E-state index contributed by atoms with van der Waals surface area (Å²) < 4.78 is 68.3. The van der Waals surface area contributed by atoms with Crippen LogP contribution in [0.3, 0.4) is 0 Å². The van der Waals surface area contributed by atoms with E-state index in [1.807, 2.05) is 0 Å². The van der Waals surface area contributed by atoms with Gasteiger partial charge in [-0.25, -0.2) is 9.13 Å². The Morgan fingerprint density at radius 2 is 0.533 bits per heavy atom. The van der Waals surface area contributed by atoms with Crippen molar-refractivity contribution in [3.05, 3.63) is 0 Å². The van der Waals surface area contributed by atoms with Gasteiger partial charge in [0.25, 0.3) is 0 Å². The number of aliphatic hydroxyl groups is 1. The standard InChI is InChI=1S/C71H138O17P2/c1-9-64(8)50-42-34-29-30-36-44-52-69(74)82-58-67(88-71(76)54-46-38-28-22-25-33-41-49-63(6)7)60-86-90(79,80)84-56-65(72)55-83-89(77,78)85-59-66(87-70(75)53-45-37-27-21-17-13-15-19-24-32-40-48-62(4)5)57-81-68(73)51-43-35-26-20-16-12-10-11-14-18-23-31-39-47-61(2)3/h61-67,72H,9-60H2,1-8H3,(H,77,78)(H,79,80)/t64?,65-,66-,67-/m1/s1. The molecule has 90 heavy (non-hydrogen) atoms. The SMILES string of the molecule is CCC(C)CCCCCCCCC(=O)OC[C@H](COP(=O)(O)OC[C@H](O)COP(=O)(O)OC[C@@H](COC(=O)CCCCCCCCCCCCCCCC(C)C)OC(=O)CCCCCCCCCCCCCC(C)C)OC(=O)CCCCCCCCCC(C)C. The Morgan fingerprint density at radius 1 is 0.311 bits per heavy atom. The summed E-state index contributed by atoms with van der Waals surface area (Å²) >= 11 is 0. The first-order chi connectivity index (χ1) is 43.1. The average Bonchev–Trinajstić information content (AvgIpc) is 2.81. The molecule has 534 valence electrons. The number of aliphatic hydroxyl groups excluding tert-OH is 1. The van der Waals surface area contributed by atoms with Crippen LogP contribution in [0.4, 0.5) is 0 Å². The van der Waals surface area contributed by atoms with E-state index < -0.39 is 97.5 Å². The average molecular weight is 1330 g/mol. The van der Waals surface area contributed by atoms with Gasteiger partial charge in [-0.05, 0) is 49.4 Å². The summed E-state index contributed by atoms with van der Waals surface area (Å²) in [7, 11) is -9.90. The van der Waals surface area contributed by atoms with Gasteiger partial charge < -0.3 is 33.8 Å². The van der Waals surface area contributed by atoms with Crippen molar-refractivity contribution in [3.63, 3.8) is 0 Å². The van der Waals surface area contributed by atoms with Crippen molar-refractivity contribution in [2.45, 2.75) is 369 Å². The molecule has 6 atom stereocenters. The molecule has 0 amide bonds. The highest BCUT2D eigenvalue weighted by Crippen LogP contribution is 2.45. The summed E-state index contributed by atoms with van der Waals surface area (Å²) in [4.78, 5) is 72.6. The summed E-state index contributed by atoms with van der Waals surface area (Å²) in [5.41, 5.74) is 0. The molecule has 0 saturated carbocycles. The number of hydrogen-bond donors (Lipinski definition) is 3. The first kappa shape index (κ1) is 88.1. The number of rotatable bonds is 68. The van der Waals surface area contributed by atoms with Crippen LogP contribution in [0.25, 0.3) is 0 Å². The molecule has 3 N–H and O–H groups in total. The van der Waals surface area contributed by atoms with Gasteiger partial charge in [0.05, 0.1) is 26.4 Å². The summed E-state index contributed by atoms with van der Waals surface area (Å²) in [6, 6.07) is 0. The van der Waals surface area contributed by atoms with Crippen molar-refractivity contribution in [1.82, 2.24) is 0 Å². The van der Waals surface area contributed by atoms with E-state index in [9.17, 15) is 43.2 Å². The van der Waals surface area contributed by atoms with Gasteiger partial charge in [-0.1, -0.05) is 299 Å². The molecule has 0 aliphatic carbocycles. The zero-order chi connectivity index (χ0) is 66.8. The molecule has 0 fully saturated rings. The minimum atomic E-state index is -4.95. The van der Waals surface area contributed by atoms with Gasteiger partial charge in [-0.3, -0.25) is 37.3 Å². The van der Waals surface area contributed by atoms with Gasteiger partial charge in [-0.2, -0.15) is 0 Å². The number of esters is 4. The van der Waals surface area contributed by atoms with Crippen molar-refractivity contribution in [1.29, 1.82) is 0 Å². The lowest BCUT2D eigenvalue weighted by Crippen LogP contribution is -2.30. The first-order valence-electron chi connectivity index (χ1n) is 36.7. The van der Waals surface area contributed by atoms with E-state index in [1.165, 1.54) is 148 Å². The van der Waals surface area contributed by atoms with Crippen molar-refractivity contribution in [3.8, 4) is 0 Å². The summed E-state index contributed by atoms with van der Waals surface area (Å²) in [5.74, 6) is 0.852. The van der Waals surface area contributed by atoms with E-state index in [2.05, 4.69) is 55.4 Å². The molecule has 0 aliphatic heterocycles. The molecule has 17 nitrogen and oxygen atoms in total. The Kier molecular flexibility index (Phi) is 59.4. The lowest BCUT2D eigenvalue weighted by atomic mass is 10.00. The molecule has 0 spiro atoms. The number of unbranched alkanes of at least 4 members (excludes halogenated alkanes) is 33. The zero-order valence-electron chi connectivity index (χ0n) is 58.8. The maximum atomic E-state index is 13.0. The van der Waals surface area contributed by atoms with Crippen LogP contribution in [-0.2, 0) is 65.4 Å². The molecule has 0 bridgehead atoms. The molecule has 0 radical (unpaired) electrons. The normalized spacial score (nSPS) is 14.6. The number of phosphoric acid groups is 2. The number of phosphoric ester groups is 2. The van der Waals surface area contributed by atoms with E-state index in [1.54, 1.807) is 0 Å². The Morgan fingerprint density at radius 3 is 0.789 bits per heavy atom. The topological polar surface area (TPSA) is 237 Å². The number of ether oxygens (including phenoxy) is 4. The molecule has 0 aromatic carbocycles. The molecule has 0 aromatic heterocycles. The van der Waals surface area contributed by atoms with Gasteiger partial charge in [0.15, 0.2) is 12.2 Å². The zero-order valence-corrected chi connectivity index (χ0v) is 60.6. The predicted molar refractivity (Wildman–Crippen MR) is 363 cm³/mol. The van der Waals surface area contributed by atoms with Crippen molar-refractivity contribution < 1.29 is 80.2 Å². The lowest BCUT2D eigenvalue weighted by molar-refractivity contribution is -0.161. The maximum Gasteiger partial charge on any atom is 0.472 e. The fourth-order valence-electron chi connectivity index (χ4n) is 10.6. The van der Waals surface area contributed by atoms with E-state index in [-0.39, 0.29) is 25.7 Å². The third-order valence-electron chi connectivity index (χ3n) is 16.7. The second kappa shape index (κ2) is 60.7. The fourth-order valence-corrected chi connectivity index (χ4v) is 12.2. The minimum Gasteiger partial charge on any atom is -0.462 e. The van der Waals surface area contributed by atoms with Crippen LogP contribution in [0, 0.1) is 23.7 Å². The van der Waals surface area contributed by atoms with E-state index in [4.69, 9.17) is 37.0 Å². The third-order valence-corrected chi connectivity index (χ3v) is 18.6. The summed E-state index contributed by atoms with van der Waals surface area (Å²) in [5, 5.41) is 10.6.